The first kappa shape index (κ1) is 18.2. The fourth-order valence-corrected chi connectivity index (χ4v) is 3.16. The zero-order valence-corrected chi connectivity index (χ0v) is 14.7. The highest BCUT2D eigenvalue weighted by molar-refractivity contribution is 6.03. The van der Waals surface area contributed by atoms with Crippen molar-refractivity contribution in [1.29, 1.82) is 0 Å². The molecule has 1 saturated carbocycles. The molecule has 1 aromatic carbocycles. The quantitative estimate of drug-likeness (QED) is 0.791. The molecule has 138 valence electrons. The molecule has 0 spiro atoms. The lowest BCUT2D eigenvalue weighted by Gasteiger charge is -2.17. The highest BCUT2D eigenvalue weighted by Gasteiger charge is 2.16. The lowest BCUT2D eigenvalue weighted by atomic mass is 10.1. The molecule has 0 aliphatic heterocycles. The van der Waals surface area contributed by atoms with E-state index in [-0.39, 0.29) is 11.4 Å². The van der Waals surface area contributed by atoms with Crippen LogP contribution in [0.2, 0.25) is 0 Å². The standard InChI is InChI=1S/C19H22F2N4O/c1-12-22-17(19(26)25-14-8-9-15(20)16(21)10-14)11-18(23-12)24-13-6-4-2-3-5-7-13/h8-11,13H,2-7H2,1H3,(H,25,26)(H,22,23,24). The lowest BCUT2D eigenvalue weighted by Crippen LogP contribution is -2.21. The lowest BCUT2D eigenvalue weighted by molar-refractivity contribution is 0.102. The van der Waals surface area contributed by atoms with Crippen LogP contribution in [0.3, 0.4) is 0 Å². The molecule has 1 aromatic heterocycles. The first-order valence-electron chi connectivity index (χ1n) is 8.90. The van der Waals surface area contributed by atoms with Crippen LogP contribution in [-0.4, -0.2) is 21.9 Å². The Bertz CT molecular complexity index is 789. The molecule has 0 saturated heterocycles. The number of aromatic nitrogens is 2. The van der Waals surface area contributed by atoms with Crippen molar-refractivity contribution in [2.24, 2.45) is 0 Å². The summed E-state index contributed by atoms with van der Waals surface area (Å²) in [5, 5.41) is 5.93. The Morgan fingerprint density at radius 3 is 2.46 bits per heavy atom. The van der Waals surface area contributed by atoms with Crippen LogP contribution < -0.4 is 10.6 Å². The zero-order chi connectivity index (χ0) is 18.5. The van der Waals surface area contributed by atoms with Crippen molar-refractivity contribution in [1.82, 2.24) is 9.97 Å². The molecule has 7 heteroatoms. The normalized spacial score (nSPS) is 15.3. The summed E-state index contributed by atoms with van der Waals surface area (Å²) < 4.78 is 26.3. The smallest absolute Gasteiger partial charge is 0.274 e. The molecule has 0 unspecified atom stereocenters. The van der Waals surface area contributed by atoms with Crippen LogP contribution in [0, 0.1) is 18.6 Å². The van der Waals surface area contributed by atoms with Gasteiger partial charge in [0.15, 0.2) is 11.6 Å². The summed E-state index contributed by atoms with van der Waals surface area (Å²) in [6.07, 6.45) is 7.04. The number of aryl methyl sites for hydroxylation is 1. The first-order chi connectivity index (χ1) is 12.5. The third-order valence-electron chi connectivity index (χ3n) is 4.46. The molecule has 1 heterocycles. The van der Waals surface area contributed by atoms with Gasteiger partial charge in [-0.05, 0) is 31.9 Å². The van der Waals surface area contributed by atoms with Crippen molar-refractivity contribution in [3.63, 3.8) is 0 Å². The van der Waals surface area contributed by atoms with Gasteiger partial charge in [-0.1, -0.05) is 25.7 Å². The van der Waals surface area contributed by atoms with E-state index in [4.69, 9.17) is 0 Å². The van der Waals surface area contributed by atoms with Crippen LogP contribution in [0.5, 0.6) is 0 Å². The largest absolute Gasteiger partial charge is 0.367 e. The summed E-state index contributed by atoms with van der Waals surface area (Å²) in [6, 6.07) is 5.14. The third kappa shape index (κ3) is 4.74. The molecule has 2 N–H and O–H groups in total. The number of nitrogens with one attached hydrogen (secondary N) is 2. The fourth-order valence-electron chi connectivity index (χ4n) is 3.16. The highest BCUT2D eigenvalue weighted by Crippen LogP contribution is 2.21. The van der Waals surface area contributed by atoms with Crippen LogP contribution in [0.15, 0.2) is 24.3 Å². The van der Waals surface area contributed by atoms with Crippen molar-refractivity contribution < 1.29 is 13.6 Å². The fraction of sp³-hybridized carbons (Fsp3) is 0.421. The maximum Gasteiger partial charge on any atom is 0.274 e. The van der Waals surface area contributed by atoms with Crippen LogP contribution in [0.25, 0.3) is 0 Å². The molecule has 2 aromatic rings. The molecular weight excluding hydrogens is 338 g/mol. The van der Waals surface area contributed by atoms with Gasteiger partial charge in [0.05, 0.1) is 0 Å². The Morgan fingerprint density at radius 1 is 1.04 bits per heavy atom. The second-order valence-electron chi connectivity index (χ2n) is 6.60. The van der Waals surface area contributed by atoms with Gasteiger partial charge in [-0.15, -0.1) is 0 Å². The maximum absolute atomic E-state index is 13.3. The van der Waals surface area contributed by atoms with Crippen LogP contribution >= 0.6 is 0 Å². The summed E-state index contributed by atoms with van der Waals surface area (Å²) in [4.78, 5) is 20.9. The molecule has 1 aliphatic carbocycles. The van der Waals surface area contributed by atoms with Crippen LogP contribution in [-0.2, 0) is 0 Å². The molecule has 0 bridgehead atoms. The molecule has 0 radical (unpaired) electrons. The van der Waals surface area contributed by atoms with Gasteiger partial charge in [0.25, 0.3) is 5.91 Å². The molecule has 26 heavy (non-hydrogen) atoms. The second-order valence-corrected chi connectivity index (χ2v) is 6.60. The Hall–Kier alpha value is -2.57. The van der Waals surface area contributed by atoms with E-state index >= 15 is 0 Å². The number of carbonyl (C=O) groups is 1. The minimum atomic E-state index is -1.02. The summed E-state index contributed by atoms with van der Waals surface area (Å²) in [5.74, 6) is -1.39. The predicted molar refractivity (Wildman–Crippen MR) is 96.2 cm³/mol. The topological polar surface area (TPSA) is 66.9 Å². The van der Waals surface area contributed by atoms with E-state index in [0.29, 0.717) is 17.7 Å². The summed E-state index contributed by atoms with van der Waals surface area (Å²) >= 11 is 0. The van der Waals surface area contributed by atoms with Crippen molar-refractivity contribution in [3.8, 4) is 0 Å². The average Bonchev–Trinajstić information content (AvgIpc) is 2.86. The predicted octanol–water partition coefficient (Wildman–Crippen LogP) is 4.45. The van der Waals surface area contributed by atoms with E-state index in [1.165, 1.54) is 31.7 Å². The molecule has 1 amide bonds. The van der Waals surface area contributed by atoms with E-state index in [1.54, 1.807) is 13.0 Å². The summed E-state index contributed by atoms with van der Waals surface area (Å²) in [5.41, 5.74) is 0.349. The SMILES string of the molecule is Cc1nc(NC2CCCCCC2)cc(C(=O)Nc2ccc(F)c(F)c2)n1. The minimum absolute atomic E-state index is 0.170. The van der Waals surface area contributed by atoms with Gasteiger partial charge >= 0.3 is 0 Å². The second kappa shape index (κ2) is 8.21. The number of rotatable bonds is 4. The molecule has 1 aliphatic rings. The van der Waals surface area contributed by atoms with E-state index in [2.05, 4.69) is 20.6 Å². The number of anilines is 2. The number of nitrogens with zero attached hydrogens (tertiary/aromatic N) is 2. The number of carbonyl (C=O) groups excluding carboxylic acids is 1. The van der Waals surface area contributed by atoms with E-state index in [9.17, 15) is 13.6 Å². The summed E-state index contributed by atoms with van der Waals surface area (Å²) in [6.45, 7) is 1.71. The van der Waals surface area contributed by atoms with Crippen molar-refractivity contribution in [2.75, 3.05) is 10.6 Å². The minimum Gasteiger partial charge on any atom is -0.367 e. The van der Waals surface area contributed by atoms with Gasteiger partial charge in [-0.25, -0.2) is 18.7 Å². The number of hydrogen-bond donors (Lipinski definition) is 2. The molecule has 0 atom stereocenters. The molecule has 5 nitrogen and oxygen atoms in total. The van der Waals surface area contributed by atoms with Gasteiger partial charge in [0.2, 0.25) is 0 Å². The van der Waals surface area contributed by atoms with Crippen molar-refractivity contribution in [2.45, 2.75) is 51.5 Å². The van der Waals surface area contributed by atoms with Gasteiger partial charge in [0.1, 0.15) is 17.3 Å². The molecular formula is C19H22F2N4O. The Kier molecular flexibility index (Phi) is 5.75. The Balaban J connectivity index is 1.73. The van der Waals surface area contributed by atoms with E-state index in [0.717, 1.165) is 25.0 Å². The van der Waals surface area contributed by atoms with Gasteiger partial charge < -0.3 is 10.6 Å². The number of hydrogen-bond acceptors (Lipinski definition) is 4. The molecule has 3 rings (SSSR count). The monoisotopic (exact) mass is 360 g/mol. The maximum atomic E-state index is 13.3. The number of benzene rings is 1. The van der Waals surface area contributed by atoms with Crippen LogP contribution in [0.1, 0.15) is 54.8 Å². The van der Waals surface area contributed by atoms with E-state index in [1.807, 2.05) is 0 Å². The van der Waals surface area contributed by atoms with Crippen molar-refractivity contribution >= 4 is 17.4 Å². The van der Waals surface area contributed by atoms with Gasteiger partial charge in [-0.3, -0.25) is 4.79 Å². The zero-order valence-electron chi connectivity index (χ0n) is 14.7. The first-order valence-corrected chi connectivity index (χ1v) is 8.90. The third-order valence-corrected chi connectivity index (χ3v) is 4.46. The summed E-state index contributed by atoms with van der Waals surface area (Å²) in [7, 11) is 0. The molecule has 1 fully saturated rings. The Labute approximate surface area is 151 Å². The van der Waals surface area contributed by atoms with Gasteiger partial charge in [0, 0.05) is 23.9 Å². The van der Waals surface area contributed by atoms with Crippen LogP contribution in [0.4, 0.5) is 20.3 Å². The average molecular weight is 360 g/mol. The van der Waals surface area contributed by atoms with Crippen molar-refractivity contribution in [3.05, 3.63) is 47.4 Å². The Morgan fingerprint density at radius 2 is 1.77 bits per heavy atom. The number of halogens is 2. The highest BCUT2D eigenvalue weighted by atomic mass is 19.2. The van der Waals surface area contributed by atoms with E-state index < -0.39 is 17.5 Å². The number of amides is 1. The van der Waals surface area contributed by atoms with Gasteiger partial charge in [-0.2, -0.15) is 0 Å².